The third-order valence-corrected chi connectivity index (χ3v) is 16.8. The normalized spacial score (nSPS) is 28.1. The van der Waals surface area contributed by atoms with Crippen LogP contribution in [0.3, 0.4) is 0 Å². The van der Waals surface area contributed by atoms with Gasteiger partial charge in [-0.1, -0.05) is 49.7 Å². The van der Waals surface area contributed by atoms with Crippen molar-refractivity contribution in [2.45, 2.75) is 164 Å². The molecule has 4 aliphatic carbocycles. The van der Waals surface area contributed by atoms with Crippen LogP contribution in [0.25, 0.3) is 0 Å². The van der Waals surface area contributed by atoms with E-state index < -0.39 is 192 Å². The van der Waals surface area contributed by atoms with Crippen LogP contribution in [-0.4, -0.2) is 168 Å². The average Bonchev–Trinajstić information content (AvgIpc) is 0.734. The number of aliphatic hydroxyl groups is 4. The predicted octanol–water partition coefficient (Wildman–Crippen LogP) is 3.48. The van der Waals surface area contributed by atoms with Gasteiger partial charge in [-0.05, 0) is 33.3 Å². The molecule has 12 atom stereocenters. The van der Waals surface area contributed by atoms with E-state index in [9.17, 15) is 92.4 Å². The van der Waals surface area contributed by atoms with Gasteiger partial charge in [0, 0.05) is 89.9 Å². The van der Waals surface area contributed by atoms with E-state index in [0.717, 1.165) is 0 Å². The minimum atomic E-state index is -5.29. The number of unbranched alkanes of at least 4 members (excludes halogenated alkanes) is 1. The van der Waals surface area contributed by atoms with Crippen molar-refractivity contribution in [3.05, 3.63) is 109 Å². The Hall–Kier alpha value is -7.73. The molecule has 0 unspecified atom stereocenters. The summed E-state index contributed by atoms with van der Waals surface area (Å²) in [7, 11) is 1.25. The van der Waals surface area contributed by atoms with Crippen LogP contribution in [0.2, 0.25) is 0 Å². The Bertz CT molecular complexity index is 3520. The number of methoxy groups -OCH3 is 1. The van der Waals surface area contributed by atoms with E-state index in [1.165, 1.54) is 51.3 Å². The number of alkyl halides is 3. The summed E-state index contributed by atoms with van der Waals surface area (Å²) in [5.74, 6) is -10.7. The van der Waals surface area contributed by atoms with E-state index in [0.29, 0.717) is 12.8 Å². The van der Waals surface area contributed by atoms with Gasteiger partial charge in [-0.3, -0.25) is 38.4 Å². The molecule has 1 amide bonds. The molecule has 466 valence electrons. The fraction of sp³-hybridized carbons (Fsp3) is 0.467. The van der Waals surface area contributed by atoms with Crippen molar-refractivity contribution in [1.29, 1.82) is 0 Å². The summed E-state index contributed by atoms with van der Waals surface area (Å²) >= 11 is 0. The standard InChI is InChI=1S/C34H36F3NO13.C26H27NO9/c1-4-5-9-21(40)49-13-20(39)33(47)11-16-24(19(12-33)51-22-10-17(27(41)14(2)50-22)38-32(46)34(35,36)37)31(45)26-25(29(16)43)28(42)15-7-6-8-18(48-3)23(15)30(26)44;1-10-21(29)15(27)7-17(35-10)36-16-9-26(34,11(2)28)8-14-18(16)25(33)20-19(24(14)32)22(30)12-5-3-4-6-13(12)23(20)31/h6-8,14,17,19,22,27,41,43,45,47H,4-5,9-13H2,1-3H3,(H,38,46);3-6,10,15-17,21,29,32-34H,7-9,27H2,1-2H3/t14-,17-,19-,22-,27+,33-;10-,15-,16-,17-,21+,26-/m00/s1. The highest BCUT2D eigenvalue weighted by atomic mass is 19.4. The Kier molecular flexibility index (Phi) is 17.7. The molecular formula is C60H63F3N2O22. The summed E-state index contributed by atoms with van der Waals surface area (Å²) in [4.78, 5) is 104. The Morgan fingerprint density at radius 3 is 1.69 bits per heavy atom. The number of benzene rings is 4. The largest absolute Gasteiger partial charge is 0.507 e. The Morgan fingerprint density at radius 1 is 0.690 bits per heavy atom. The number of aliphatic hydroxyl groups excluding tert-OH is 2. The molecule has 0 aromatic heterocycles. The first-order valence-electron chi connectivity index (χ1n) is 27.8. The van der Waals surface area contributed by atoms with E-state index in [2.05, 4.69) is 0 Å². The summed E-state index contributed by atoms with van der Waals surface area (Å²) in [5.41, 5.74) is -1.47. The zero-order valence-corrected chi connectivity index (χ0v) is 47.4. The van der Waals surface area contributed by atoms with Crippen LogP contribution in [0.5, 0.6) is 28.7 Å². The van der Waals surface area contributed by atoms with Gasteiger partial charge in [0.15, 0.2) is 42.3 Å². The molecule has 2 heterocycles. The van der Waals surface area contributed by atoms with Crippen molar-refractivity contribution in [1.82, 2.24) is 5.32 Å². The van der Waals surface area contributed by atoms with Gasteiger partial charge in [-0.15, -0.1) is 0 Å². The van der Waals surface area contributed by atoms with Gasteiger partial charge in [0.2, 0.25) is 11.6 Å². The van der Waals surface area contributed by atoms with Crippen molar-refractivity contribution in [3.8, 4) is 28.7 Å². The van der Waals surface area contributed by atoms with Gasteiger partial charge in [0.25, 0.3) is 0 Å². The number of Topliss-reactive ketones (excluding diaryl/α,β-unsaturated/α-hetero) is 2. The fourth-order valence-corrected chi connectivity index (χ4v) is 12.1. The number of hydrogen-bond acceptors (Lipinski definition) is 23. The number of amides is 1. The minimum Gasteiger partial charge on any atom is -0.507 e. The average molecular weight is 1220 g/mol. The molecule has 0 spiro atoms. The van der Waals surface area contributed by atoms with Crippen LogP contribution >= 0.6 is 0 Å². The van der Waals surface area contributed by atoms with Gasteiger partial charge in [-0.2, -0.15) is 13.2 Å². The van der Waals surface area contributed by atoms with Crippen molar-refractivity contribution < 1.29 is 121 Å². The van der Waals surface area contributed by atoms with Crippen LogP contribution in [0.1, 0.15) is 171 Å². The zero-order valence-electron chi connectivity index (χ0n) is 47.4. The highest BCUT2D eigenvalue weighted by Crippen LogP contribution is 2.54. The molecule has 2 fully saturated rings. The lowest BCUT2D eigenvalue weighted by Gasteiger charge is -2.43. The molecule has 2 saturated heterocycles. The van der Waals surface area contributed by atoms with Crippen LogP contribution in [0.15, 0.2) is 42.5 Å². The van der Waals surface area contributed by atoms with E-state index in [4.69, 9.17) is 34.2 Å². The molecule has 10 rings (SSSR count). The summed E-state index contributed by atoms with van der Waals surface area (Å²) in [6.45, 7) is 5.01. The maximum Gasteiger partial charge on any atom is 0.471 e. The molecule has 2 aliphatic heterocycles. The van der Waals surface area contributed by atoms with Gasteiger partial charge < -0.3 is 80.3 Å². The van der Waals surface area contributed by atoms with Crippen LogP contribution in [-0.2, 0) is 55.7 Å². The molecule has 27 heteroatoms. The number of rotatable bonds is 13. The first-order chi connectivity index (χ1) is 40.9. The lowest BCUT2D eigenvalue weighted by molar-refractivity contribution is -0.250. The summed E-state index contributed by atoms with van der Waals surface area (Å²) < 4.78 is 72.9. The van der Waals surface area contributed by atoms with Crippen molar-refractivity contribution >= 4 is 46.6 Å². The molecule has 6 aliphatic rings. The van der Waals surface area contributed by atoms with Crippen LogP contribution < -0.4 is 15.8 Å². The van der Waals surface area contributed by atoms with E-state index >= 15 is 0 Å². The molecular weight excluding hydrogens is 1160 g/mol. The highest BCUT2D eigenvalue weighted by molar-refractivity contribution is 6.32. The van der Waals surface area contributed by atoms with Crippen molar-refractivity contribution in [2.75, 3.05) is 13.7 Å². The second kappa shape index (κ2) is 24.1. The van der Waals surface area contributed by atoms with Crippen molar-refractivity contribution in [3.63, 3.8) is 0 Å². The third-order valence-electron chi connectivity index (χ3n) is 16.8. The molecule has 4 aromatic rings. The first-order valence-corrected chi connectivity index (χ1v) is 27.8. The Morgan fingerprint density at radius 2 is 1.17 bits per heavy atom. The Balaban J connectivity index is 0.000000220. The maximum absolute atomic E-state index is 13.9. The number of hydrogen-bond donors (Lipinski definition) is 10. The molecule has 24 nitrogen and oxygen atoms in total. The van der Waals surface area contributed by atoms with Gasteiger partial charge >= 0.3 is 18.1 Å². The number of phenolic OH excluding ortho intramolecular Hbond substituents is 4. The number of nitrogens with two attached hydrogens (primary N) is 1. The highest BCUT2D eigenvalue weighted by Gasteiger charge is 2.53. The monoisotopic (exact) mass is 1220 g/mol. The number of nitrogens with one attached hydrogen (secondary N) is 1. The summed E-state index contributed by atoms with van der Waals surface area (Å²) in [5, 5.41) is 91.0. The molecule has 0 radical (unpaired) electrons. The van der Waals surface area contributed by atoms with Crippen LogP contribution in [0, 0.1) is 0 Å². The zero-order chi connectivity index (χ0) is 63.7. The topological polar surface area (TPSA) is 392 Å². The summed E-state index contributed by atoms with van der Waals surface area (Å²) in [6.07, 6.45) is -16.7. The number of halogens is 3. The smallest absolute Gasteiger partial charge is 0.471 e. The second-order valence-electron chi connectivity index (χ2n) is 22.5. The molecule has 0 saturated carbocycles. The second-order valence-corrected chi connectivity index (χ2v) is 22.5. The number of carbonyl (C=O) groups excluding carboxylic acids is 8. The van der Waals surface area contributed by atoms with Gasteiger partial charge in [-0.25, -0.2) is 0 Å². The third kappa shape index (κ3) is 11.6. The molecule has 0 bridgehead atoms. The number of aromatic hydroxyl groups is 4. The summed E-state index contributed by atoms with van der Waals surface area (Å²) in [6, 6.07) is 7.98. The quantitative estimate of drug-likeness (QED) is 0.0584. The van der Waals surface area contributed by atoms with E-state index in [1.54, 1.807) is 24.4 Å². The Labute approximate surface area is 492 Å². The first kappa shape index (κ1) is 63.8. The predicted molar refractivity (Wildman–Crippen MR) is 289 cm³/mol. The number of carbonyl (C=O) groups is 8. The maximum atomic E-state index is 13.9. The number of fused-ring (bicyclic) bond motifs is 6. The molecule has 11 N–H and O–H groups in total. The molecule has 87 heavy (non-hydrogen) atoms. The number of phenols is 4. The van der Waals surface area contributed by atoms with Gasteiger partial charge in [0.1, 0.15) is 46.1 Å². The van der Waals surface area contributed by atoms with Crippen LogP contribution in [0.4, 0.5) is 13.2 Å². The number of esters is 1. The molecule has 4 aromatic carbocycles. The minimum absolute atomic E-state index is 0.00489. The van der Waals surface area contributed by atoms with E-state index in [1.807, 2.05) is 6.92 Å². The van der Waals surface area contributed by atoms with Crippen molar-refractivity contribution in [2.24, 2.45) is 5.73 Å². The number of ketones is 6. The van der Waals surface area contributed by atoms with E-state index in [-0.39, 0.29) is 80.6 Å². The SMILES string of the molecule is CC(=O)[C@]1(O)Cc2c(O)c3c(c(O)c2[C@@H](O[C@H]2C[C@H](N)[C@H](O)[C@H](C)O2)C1)C(=O)c1ccccc1C3=O.CCCCC(=O)OCC(=O)[C@]1(O)Cc2c(O)c3c(c(O)c2[C@@H](O[C@H]2C[C@H](NC(=O)C(F)(F)F)[C@H](O)[C@H](C)O2)C1)C(=O)c1c(OC)cccc1C3=O. The lowest BCUT2D eigenvalue weighted by Crippen LogP contribution is -2.57. The fourth-order valence-electron chi connectivity index (χ4n) is 12.1. The lowest BCUT2D eigenvalue weighted by atomic mass is 9.72. The van der Waals surface area contributed by atoms with Gasteiger partial charge in [0.05, 0.1) is 71.5 Å². The number of ether oxygens (including phenoxy) is 6.